The largest absolute Gasteiger partial charge is 0.493 e. The normalized spacial score (nSPS) is 10.4. The topological polar surface area (TPSA) is 88.7 Å². The minimum atomic E-state index is -0.351. The highest BCUT2D eigenvalue weighted by molar-refractivity contribution is 6.00. The van der Waals surface area contributed by atoms with Gasteiger partial charge in [0.05, 0.1) is 7.11 Å². The van der Waals surface area contributed by atoms with E-state index in [-0.39, 0.29) is 18.5 Å². The van der Waals surface area contributed by atoms with Gasteiger partial charge in [-0.1, -0.05) is 36.4 Å². The third-order valence-electron chi connectivity index (χ3n) is 4.36. The highest BCUT2D eigenvalue weighted by Gasteiger charge is 2.09. The van der Waals surface area contributed by atoms with Gasteiger partial charge in [-0.3, -0.25) is 4.79 Å². The molecular formula is C25H25N3O4. The lowest BCUT2D eigenvalue weighted by Crippen LogP contribution is -2.21. The Kier molecular flexibility index (Phi) is 7.86. The lowest BCUT2D eigenvalue weighted by atomic mass is 10.2. The van der Waals surface area contributed by atoms with Gasteiger partial charge in [0.15, 0.2) is 18.1 Å². The van der Waals surface area contributed by atoms with Crippen molar-refractivity contribution in [3.63, 3.8) is 0 Å². The number of ether oxygens (including phenoxy) is 2. The molecule has 0 atom stereocenters. The maximum absolute atomic E-state index is 12.3. The quantitative estimate of drug-likeness (QED) is 0.446. The molecule has 3 amide bonds. The predicted octanol–water partition coefficient (Wildman–Crippen LogP) is 5.39. The van der Waals surface area contributed by atoms with Crippen LogP contribution in [0.15, 0.2) is 78.9 Å². The molecule has 0 spiro atoms. The number of para-hydroxylation sites is 1. The van der Waals surface area contributed by atoms with Gasteiger partial charge in [0.25, 0.3) is 5.91 Å². The van der Waals surface area contributed by atoms with E-state index in [2.05, 4.69) is 16.0 Å². The average Bonchev–Trinajstić information content (AvgIpc) is 2.80. The molecule has 3 N–H and O–H groups in total. The summed E-state index contributed by atoms with van der Waals surface area (Å²) in [5.74, 6) is 0.726. The SMILES string of the molecule is CC=Cc1ccc(OCC(=O)Nc2ccc(NC(=O)Nc3ccccc3)cc2)c(OC)c1. The Bertz CT molecular complexity index is 1080. The molecule has 0 heterocycles. The van der Waals surface area contributed by atoms with E-state index < -0.39 is 0 Å². The molecule has 0 aromatic heterocycles. The first-order chi connectivity index (χ1) is 15.6. The number of hydrogen-bond acceptors (Lipinski definition) is 4. The van der Waals surface area contributed by atoms with Gasteiger partial charge in [-0.25, -0.2) is 4.79 Å². The Hall–Kier alpha value is -4.26. The smallest absolute Gasteiger partial charge is 0.323 e. The summed E-state index contributed by atoms with van der Waals surface area (Å²) in [4.78, 5) is 24.3. The van der Waals surface area contributed by atoms with Crippen molar-refractivity contribution in [1.29, 1.82) is 0 Å². The Balaban J connectivity index is 1.50. The molecule has 0 bridgehead atoms. The third kappa shape index (κ3) is 6.63. The zero-order valence-electron chi connectivity index (χ0n) is 17.9. The van der Waals surface area contributed by atoms with Crippen molar-refractivity contribution >= 4 is 35.1 Å². The molecule has 32 heavy (non-hydrogen) atoms. The second-order valence-electron chi connectivity index (χ2n) is 6.77. The van der Waals surface area contributed by atoms with Crippen LogP contribution in [0.5, 0.6) is 11.5 Å². The number of amides is 3. The zero-order valence-corrected chi connectivity index (χ0v) is 17.9. The summed E-state index contributed by atoms with van der Waals surface area (Å²) in [6.07, 6.45) is 3.88. The van der Waals surface area contributed by atoms with Gasteiger partial charge in [-0.2, -0.15) is 0 Å². The van der Waals surface area contributed by atoms with E-state index in [1.54, 1.807) is 49.6 Å². The number of methoxy groups -OCH3 is 1. The molecular weight excluding hydrogens is 406 g/mol. The van der Waals surface area contributed by atoms with E-state index in [1.165, 1.54) is 0 Å². The Morgan fingerprint density at radius 1 is 0.812 bits per heavy atom. The van der Waals surface area contributed by atoms with Gasteiger partial charge in [-0.15, -0.1) is 0 Å². The standard InChI is InChI=1S/C25H25N3O4/c1-3-7-18-10-15-22(23(16-18)31-2)32-17-24(29)26-20-11-13-21(14-12-20)28-25(30)27-19-8-5-4-6-9-19/h3-16H,17H2,1-2H3,(H,26,29)(H2,27,28,30). The van der Waals surface area contributed by atoms with E-state index in [4.69, 9.17) is 9.47 Å². The fourth-order valence-corrected chi connectivity index (χ4v) is 2.89. The van der Waals surface area contributed by atoms with Crippen molar-refractivity contribution in [2.24, 2.45) is 0 Å². The van der Waals surface area contributed by atoms with Crippen LogP contribution in [0.4, 0.5) is 21.9 Å². The molecule has 0 fully saturated rings. The molecule has 0 radical (unpaired) electrons. The zero-order chi connectivity index (χ0) is 22.8. The predicted molar refractivity (Wildman–Crippen MR) is 127 cm³/mol. The molecule has 3 aromatic rings. The molecule has 7 heteroatoms. The van der Waals surface area contributed by atoms with Crippen molar-refractivity contribution in [3.8, 4) is 11.5 Å². The molecule has 0 aliphatic carbocycles. The molecule has 164 valence electrons. The lowest BCUT2D eigenvalue weighted by Gasteiger charge is -2.12. The summed E-state index contributed by atoms with van der Waals surface area (Å²) in [7, 11) is 1.55. The molecule has 3 rings (SSSR count). The van der Waals surface area contributed by atoms with Gasteiger partial charge in [0, 0.05) is 17.1 Å². The lowest BCUT2D eigenvalue weighted by molar-refractivity contribution is -0.118. The van der Waals surface area contributed by atoms with Crippen molar-refractivity contribution in [1.82, 2.24) is 0 Å². The average molecular weight is 431 g/mol. The summed E-state index contributed by atoms with van der Waals surface area (Å²) in [5.41, 5.74) is 2.86. The highest BCUT2D eigenvalue weighted by Crippen LogP contribution is 2.28. The first-order valence-corrected chi connectivity index (χ1v) is 10.0. The number of carbonyl (C=O) groups excluding carboxylic acids is 2. The second-order valence-corrected chi connectivity index (χ2v) is 6.77. The van der Waals surface area contributed by atoms with Crippen LogP contribution in [0.3, 0.4) is 0 Å². The van der Waals surface area contributed by atoms with Crippen molar-refractivity contribution in [3.05, 3.63) is 84.4 Å². The van der Waals surface area contributed by atoms with E-state index in [0.717, 1.165) is 5.56 Å². The number of nitrogens with one attached hydrogen (secondary N) is 3. The van der Waals surface area contributed by atoms with Crippen molar-refractivity contribution in [2.45, 2.75) is 6.92 Å². The first kappa shape index (κ1) is 22.4. The van der Waals surface area contributed by atoms with E-state index in [1.807, 2.05) is 49.4 Å². The van der Waals surface area contributed by atoms with Crippen LogP contribution in [0.2, 0.25) is 0 Å². The Morgan fingerprint density at radius 3 is 2.06 bits per heavy atom. The van der Waals surface area contributed by atoms with E-state index in [9.17, 15) is 9.59 Å². The van der Waals surface area contributed by atoms with E-state index in [0.29, 0.717) is 28.6 Å². The number of rotatable bonds is 8. The number of anilines is 3. The van der Waals surface area contributed by atoms with Crippen LogP contribution in [-0.2, 0) is 4.79 Å². The number of carbonyl (C=O) groups is 2. The third-order valence-corrected chi connectivity index (χ3v) is 4.36. The van der Waals surface area contributed by atoms with Crippen LogP contribution in [0.25, 0.3) is 6.08 Å². The minimum Gasteiger partial charge on any atom is -0.493 e. The summed E-state index contributed by atoms with van der Waals surface area (Å²) in [6, 6.07) is 21.1. The molecule has 7 nitrogen and oxygen atoms in total. The summed E-state index contributed by atoms with van der Waals surface area (Å²) >= 11 is 0. The summed E-state index contributed by atoms with van der Waals surface area (Å²) in [5, 5.41) is 8.23. The summed E-state index contributed by atoms with van der Waals surface area (Å²) in [6.45, 7) is 1.77. The van der Waals surface area contributed by atoms with Crippen LogP contribution in [0, 0.1) is 0 Å². The molecule has 0 aliphatic heterocycles. The molecule has 3 aromatic carbocycles. The second kappa shape index (κ2) is 11.2. The van der Waals surface area contributed by atoms with Gasteiger partial charge in [-0.05, 0) is 61.0 Å². The Morgan fingerprint density at radius 2 is 1.44 bits per heavy atom. The van der Waals surface area contributed by atoms with Crippen LogP contribution < -0.4 is 25.4 Å². The minimum absolute atomic E-state index is 0.168. The van der Waals surface area contributed by atoms with Crippen molar-refractivity contribution < 1.29 is 19.1 Å². The van der Waals surface area contributed by atoms with Gasteiger partial charge < -0.3 is 25.4 Å². The highest BCUT2D eigenvalue weighted by atomic mass is 16.5. The van der Waals surface area contributed by atoms with Gasteiger partial charge in [0.1, 0.15) is 0 Å². The maximum Gasteiger partial charge on any atom is 0.323 e. The van der Waals surface area contributed by atoms with Crippen molar-refractivity contribution in [2.75, 3.05) is 29.7 Å². The Labute approximate surface area is 187 Å². The molecule has 0 saturated heterocycles. The van der Waals surface area contributed by atoms with E-state index >= 15 is 0 Å². The fourth-order valence-electron chi connectivity index (χ4n) is 2.89. The molecule has 0 aliphatic rings. The fraction of sp³-hybridized carbons (Fsp3) is 0.120. The number of benzene rings is 3. The monoisotopic (exact) mass is 431 g/mol. The maximum atomic E-state index is 12.3. The number of urea groups is 1. The number of hydrogen-bond donors (Lipinski definition) is 3. The van der Waals surface area contributed by atoms with Crippen LogP contribution in [-0.4, -0.2) is 25.7 Å². The summed E-state index contributed by atoms with van der Waals surface area (Å²) < 4.78 is 10.9. The van der Waals surface area contributed by atoms with Crippen LogP contribution in [0.1, 0.15) is 12.5 Å². The number of allylic oxidation sites excluding steroid dienone is 1. The first-order valence-electron chi connectivity index (χ1n) is 10.0. The molecule has 0 unspecified atom stereocenters. The molecule has 0 saturated carbocycles. The van der Waals surface area contributed by atoms with Crippen LogP contribution >= 0.6 is 0 Å². The van der Waals surface area contributed by atoms with Gasteiger partial charge in [0.2, 0.25) is 0 Å². The van der Waals surface area contributed by atoms with Gasteiger partial charge >= 0.3 is 6.03 Å².